The van der Waals surface area contributed by atoms with Crippen LogP contribution in [0.2, 0.25) is 0 Å². The zero-order valence-electron chi connectivity index (χ0n) is 16.9. The summed E-state index contributed by atoms with van der Waals surface area (Å²) in [5.74, 6) is -0.467. The zero-order valence-corrected chi connectivity index (χ0v) is 16.9. The molecule has 0 fully saturated rings. The molecule has 0 amide bonds. The maximum Gasteiger partial charge on any atom is 0.342 e. The van der Waals surface area contributed by atoms with Gasteiger partial charge >= 0.3 is 5.97 Å². The molecule has 0 saturated heterocycles. The van der Waals surface area contributed by atoms with Crippen LogP contribution in [0.1, 0.15) is 42.1 Å². The number of cyclic esters (lactones) is 1. The first-order chi connectivity index (χ1) is 14.5. The Morgan fingerprint density at radius 3 is 2.83 bits per heavy atom. The van der Waals surface area contributed by atoms with Crippen molar-refractivity contribution in [3.05, 3.63) is 53.9 Å². The highest BCUT2D eigenvalue weighted by Gasteiger charge is 2.19. The van der Waals surface area contributed by atoms with E-state index in [-0.39, 0.29) is 29.6 Å². The largest absolute Gasteiger partial charge is 0.507 e. The summed E-state index contributed by atoms with van der Waals surface area (Å²) in [6.07, 6.45) is 11.9. The van der Waals surface area contributed by atoms with E-state index in [0.29, 0.717) is 43.7 Å². The van der Waals surface area contributed by atoms with Crippen molar-refractivity contribution in [1.82, 2.24) is 15.0 Å². The van der Waals surface area contributed by atoms with Crippen LogP contribution in [-0.2, 0) is 16.1 Å². The Morgan fingerprint density at radius 2 is 2.03 bits per heavy atom. The van der Waals surface area contributed by atoms with Gasteiger partial charge in [0.25, 0.3) is 0 Å². The molecule has 30 heavy (non-hydrogen) atoms. The predicted octanol–water partition coefficient (Wildman–Crippen LogP) is 3.18. The first-order valence-electron chi connectivity index (χ1n) is 9.91. The van der Waals surface area contributed by atoms with Crippen molar-refractivity contribution in [2.45, 2.75) is 32.7 Å². The van der Waals surface area contributed by atoms with E-state index < -0.39 is 5.97 Å². The summed E-state index contributed by atoms with van der Waals surface area (Å²) in [7, 11) is 0. The minimum absolute atomic E-state index is 0.0547. The third kappa shape index (κ3) is 6.04. The number of benzene rings is 1. The third-order valence-corrected chi connectivity index (χ3v) is 4.53. The number of carbonyl (C=O) groups excluding carboxylic acids is 2. The average molecular weight is 411 g/mol. The van der Waals surface area contributed by atoms with Crippen LogP contribution in [-0.4, -0.2) is 45.1 Å². The fourth-order valence-electron chi connectivity index (χ4n) is 2.96. The smallest absolute Gasteiger partial charge is 0.342 e. The number of aromatic nitrogens is 3. The molecular formula is C22H25N3O5. The quantitative estimate of drug-likeness (QED) is 0.771. The van der Waals surface area contributed by atoms with Gasteiger partial charge < -0.3 is 14.6 Å². The van der Waals surface area contributed by atoms with Gasteiger partial charge in [0.05, 0.1) is 25.5 Å². The molecule has 0 aliphatic carbocycles. The normalized spacial score (nSPS) is 20.0. The molecule has 8 heteroatoms. The molecule has 1 aliphatic heterocycles. The molecule has 0 radical (unpaired) electrons. The van der Waals surface area contributed by atoms with Gasteiger partial charge in [-0.25, -0.2) is 4.79 Å². The molecular weight excluding hydrogens is 386 g/mol. The van der Waals surface area contributed by atoms with Crippen LogP contribution in [0.4, 0.5) is 0 Å². The van der Waals surface area contributed by atoms with Crippen LogP contribution in [0, 0.1) is 5.92 Å². The fraction of sp³-hybridized carbons (Fsp3) is 0.364. The molecule has 0 saturated carbocycles. The number of ketones is 1. The van der Waals surface area contributed by atoms with Crippen molar-refractivity contribution in [2.75, 3.05) is 13.2 Å². The highest BCUT2D eigenvalue weighted by atomic mass is 16.5. The number of esters is 1. The lowest BCUT2D eigenvalue weighted by Gasteiger charge is -2.14. The summed E-state index contributed by atoms with van der Waals surface area (Å²) < 4.78 is 11.1. The van der Waals surface area contributed by atoms with E-state index in [1.54, 1.807) is 36.7 Å². The number of hydrogen-bond donors (Lipinski definition) is 1. The summed E-state index contributed by atoms with van der Waals surface area (Å²) in [6, 6.07) is 3.08. The molecule has 2 aromatic rings. The van der Waals surface area contributed by atoms with Crippen LogP contribution in [0.25, 0.3) is 6.08 Å². The van der Waals surface area contributed by atoms with Gasteiger partial charge in [-0.15, -0.1) is 0 Å². The monoisotopic (exact) mass is 411 g/mol. The van der Waals surface area contributed by atoms with Crippen molar-refractivity contribution < 1.29 is 24.2 Å². The number of allylic oxidation sites excluding steroid dienone is 2. The van der Waals surface area contributed by atoms with E-state index in [1.807, 2.05) is 13.0 Å². The van der Waals surface area contributed by atoms with E-state index in [9.17, 15) is 14.7 Å². The van der Waals surface area contributed by atoms with Gasteiger partial charge in [-0.2, -0.15) is 15.0 Å². The number of hydrogen-bond acceptors (Lipinski definition) is 7. The number of aromatic hydroxyl groups is 1. The van der Waals surface area contributed by atoms with Crippen molar-refractivity contribution in [3.8, 4) is 11.5 Å². The summed E-state index contributed by atoms with van der Waals surface area (Å²) in [5.41, 5.74) is 0.593. The second-order valence-electron chi connectivity index (χ2n) is 7.08. The predicted molar refractivity (Wildman–Crippen MR) is 110 cm³/mol. The lowest BCUT2D eigenvalue weighted by molar-refractivity contribution is -0.114. The molecule has 1 atom stereocenters. The summed E-state index contributed by atoms with van der Waals surface area (Å²) in [6.45, 7) is 2.71. The van der Waals surface area contributed by atoms with Crippen LogP contribution < -0.4 is 4.74 Å². The average Bonchev–Trinajstić information content (AvgIpc) is 3.23. The first kappa shape index (κ1) is 21.3. The molecule has 1 aromatic carbocycles. The number of ether oxygens (including phenoxy) is 2. The molecule has 0 unspecified atom stereocenters. The van der Waals surface area contributed by atoms with Gasteiger partial charge in [0.15, 0.2) is 5.78 Å². The fourth-order valence-corrected chi connectivity index (χ4v) is 2.96. The SMILES string of the molecule is C[C@@H]1/C=C\C(=O)CCC/C=C/c2cc(OCCn3nccn3)cc(O)c2C(=O)OC1. The van der Waals surface area contributed by atoms with Crippen molar-refractivity contribution in [2.24, 2.45) is 5.92 Å². The highest BCUT2D eigenvalue weighted by molar-refractivity contribution is 5.97. The summed E-state index contributed by atoms with van der Waals surface area (Å²) in [4.78, 5) is 26.0. The number of phenolic OH excluding ortho intramolecular Hbond substituents is 1. The molecule has 1 aliphatic rings. The Balaban J connectivity index is 1.80. The lowest BCUT2D eigenvalue weighted by Crippen LogP contribution is -2.13. The Hall–Kier alpha value is -3.42. The van der Waals surface area contributed by atoms with E-state index in [2.05, 4.69) is 10.2 Å². The first-order valence-corrected chi connectivity index (χ1v) is 9.91. The van der Waals surface area contributed by atoms with Crippen LogP contribution >= 0.6 is 0 Å². The highest BCUT2D eigenvalue weighted by Crippen LogP contribution is 2.30. The molecule has 158 valence electrons. The van der Waals surface area contributed by atoms with Crippen molar-refractivity contribution in [1.29, 1.82) is 0 Å². The van der Waals surface area contributed by atoms with Crippen molar-refractivity contribution >= 4 is 17.8 Å². The molecule has 0 spiro atoms. The molecule has 1 N–H and O–H groups in total. The standard InChI is InChI=1S/C22H25N3O5/c1-16-7-8-18(26)6-4-2-3-5-17-13-19(29-12-11-25-23-9-10-24-25)14-20(27)21(17)22(28)30-15-16/h3,5,7-10,13-14,16,27H,2,4,6,11-12,15H2,1H3/b5-3+,8-7-/t16-/m1/s1. The van der Waals surface area contributed by atoms with Gasteiger partial charge in [0.2, 0.25) is 0 Å². The van der Waals surface area contributed by atoms with Crippen LogP contribution in [0.3, 0.4) is 0 Å². The second-order valence-corrected chi connectivity index (χ2v) is 7.08. The molecule has 1 aromatic heterocycles. The number of fused-ring (bicyclic) bond motifs is 1. The van der Waals surface area contributed by atoms with E-state index in [1.165, 1.54) is 10.9 Å². The lowest BCUT2D eigenvalue weighted by atomic mass is 10.0. The van der Waals surface area contributed by atoms with Gasteiger partial charge in [-0.05, 0) is 30.5 Å². The zero-order chi connectivity index (χ0) is 21.3. The Morgan fingerprint density at radius 1 is 1.23 bits per heavy atom. The number of carbonyl (C=O) groups is 2. The number of rotatable bonds is 4. The molecule has 8 nitrogen and oxygen atoms in total. The minimum Gasteiger partial charge on any atom is -0.507 e. The Kier molecular flexibility index (Phi) is 7.37. The second kappa shape index (κ2) is 10.4. The third-order valence-electron chi connectivity index (χ3n) is 4.53. The minimum atomic E-state index is -0.622. The van der Waals surface area contributed by atoms with Gasteiger partial charge in [-0.1, -0.05) is 25.2 Å². The van der Waals surface area contributed by atoms with Gasteiger partial charge in [-0.3, -0.25) is 4.79 Å². The topological polar surface area (TPSA) is 104 Å². The van der Waals surface area contributed by atoms with E-state index in [0.717, 1.165) is 0 Å². The van der Waals surface area contributed by atoms with Gasteiger partial charge in [0, 0.05) is 18.4 Å². The van der Waals surface area contributed by atoms with E-state index in [4.69, 9.17) is 9.47 Å². The maximum absolute atomic E-state index is 12.6. The van der Waals surface area contributed by atoms with Crippen molar-refractivity contribution in [3.63, 3.8) is 0 Å². The van der Waals surface area contributed by atoms with Gasteiger partial charge in [0.1, 0.15) is 23.7 Å². The maximum atomic E-state index is 12.6. The molecule has 0 bridgehead atoms. The Bertz CT molecular complexity index is 934. The van der Waals surface area contributed by atoms with E-state index >= 15 is 0 Å². The summed E-state index contributed by atoms with van der Waals surface area (Å²) >= 11 is 0. The van der Waals surface area contributed by atoms with Crippen LogP contribution in [0.5, 0.6) is 11.5 Å². The van der Waals surface area contributed by atoms with Crippen LogP contribution in [0.15, 0.2) is 42.8 Å². The number of phenols is 1. The molecule has 2 heterocycles. The summed E-state index contributed by atoms with van der Waals surface area (Å²) in [5, 5.41) is 18.5. The number of nitrogens with zero attached hydrogens (tertiary/aromatic N) is 3. The Labute approximate surface area is 174 Å². The molecule has 3 rings (SSSR count).